The number of esters is 1. The summed E-state index contributed by atoms with van der Waals surface area (Å²) in [5.41, 5.74) is 4.71. The van der Waals surface area contributed by atoms with Crippen molar-refractivity contribution >= 4 is 11.7 Å². The van der Waals surface area contributed by atoms with Gasteiger partial charge in [-0.25, -0.2) is 4.79 Å². The van der Waals surface area contributed by atoms with Gasteiger partial charge in [-0.2, -0.15) is 0 Å². The third-order valence-electron chi connectivity index (χ3n) is 7.41. The van der Waals surface area contributed by atoms with Gasteiger partial charge in [0.05, 0.1) is 18.1 Å². The second-order valence-electron chi connectivity index (χ2n) is 8.17. The van der Waals surface area contributed by atoms with Crippen molar-refractivity contribution in [1.82, 2.24) is 4.90 Å². The van der Waals surface area contributed by atoms with Crippen molar-refractivity contribution in [2.45, 2.75) is 50.5 Å². The highest BCUT2D eigenvalue weighted by molar-refractivity contribution is 5.93. The van der Waals surface area contributed by atoms with E-state index < -0.39 is 0 Å². The SMILES string of the molecule is CC[C@@]12CCCN3CC[C@]4(C(=C(C(=O)OC)C1)Nc1ccccc14)[C@H]32. The molecule has 1 aliphatic carbocycles. The summed E-state index contributed by atoms with van der Waals surface area (Å²) in [4.78, 5) is 15.4. The number of fused-ring (bicyclic) bond motifs is 1. The molecule has 4 nitrogen and oxygen atoms in total. The van der Waals surface area contributed by atoms with Crippen molar-refractivity contribution in [3.05, 3.63) is 41.1 Å². The first-order chi connectivity index (χ1) is 12.2. The maximum absolute atomic E-state index is 12.7. The molecule has 25 heavy (non-hydrogen) atoms. The normalized spacial score (nSPS) is 35.7. The quantitative estimate of drug-likeness (QED) is 0.839. The van der Waals surface area contributed by atoms with Crippen LogP contribution < -0.4 is 5.32 Å². The maximum Gasteiger partial charge on any atom is 0.335 e. The Bertz CT molecular complexity index is 786. The fourth-order valence-electron chi connectivity index (χ4n) is 6.49. The molecule has 0 saturated carbocycles. The van der Waals surface area contributed by atoms with E-state index in [4.69, 9.17) is 4.74 Å². The van der Waals surface area contributed by atoms with Crippen molar-refractivity contribution in [3.63, 3.8) is 0 Å². The number of ether oxygens (including phenoxy) is 1. The molecule has 0 aromatic heterocycles. The maximum atomic E-state index is 12.7. The standard InChI is InChI=1S/C21H26N2O2/c1-3-20-9-6-11-23-12-10-21(19(20)23)15-7-4-5-8-16(15)22-17(21)14(13-20)18(24)25-2/h4-5,7-8,19,22H,3,6,9-13H2,1-2H3/t19-,20-,21+/m1/s1. The Kier molecular flexibility index (Phi) is 3.15. The van der Waals surface area contributed by atoms with Gasteiger partial charge in [-0.05, 0) is 62.2 Å². The predicted molar refractivity (Wildman–Crippen MR) is 97.3 cm³/mol. The smallest absolute Gasteiger partial charge is 0.335 e. The van der Waals surface area contributed by atoms with Crippen LogP contribution in [0, 0.1) is 5.41 Å². The number of hydrogen-bond donors (Lipinski definition) is 1. The molecule has 0 radical (unpaired) electrons. The Morgan fingerprint density at radius 2 is 2.16 bits per heavy atom. The number of hydrogen-bond acceptors (Lipinski definition) is 4. The van der Waals surface area contributed by atoms with Crippen LogP contribution in [-0.4, -0.2) is 37.1 Å². The Morgan fingerprint density at radius 3 is 2.96 bits per heavy atom. The third kappa shape index (κ3) is 1.74. The molecule has 5 rings (SSSR count). The number of piperidine rings is 1. The first-order valence-electron chi connectivity index (χ1n) is 9.59. The Balaban J connectivity index is 1.81. The van der Waals surface area contributed by atoms with Gasteiger partial charge in [0.1, 0.15) is 0 Å². The zero-order chi connectivity index (χ0) is 17.2. The van der Waals surface area contributed by atoms with Gasteiger partial charge >= 0.3 is 5.97 Å². The van der Waals surface area contributed by atoms with E-state index in [1.54, 1.807) is 0 Å². The van der Waals surface area contributed by atoms with Crippen molar-refractivity contribution < 1.29 is 9.53 Å². The fourth-order valence-corrected chi connectivity index (χ4v) is 6.49. The number of rotatable bonds is 2. The molecule has 0 amide bonds. The number of carbonyl (C=O) groups is 1. The molecular weight excluding hydrogens is 312 g/mol. The van der Waals surface area contributed by atoms with E-state index in [-0.39, 0.29) is 16.8 Å². The van der Waals surface area contributed by atoms with Crippen LogP contribution in [0.25, 0.3) is 0 Å². The van der Waals surface area contributed by atoms with Gasteiger partial charge < -0.3 is 10.1 Å². The van der Waals surface area contributed by atoms with Crippen LogP contribution in [0.3, 0.4) is 0 Å². The van der Waals surface area contributed by atoms with Crippen LogP contribution in [-0.2, 0) is 14.9 Å². The fraction of sp³-hybridized carbons (Fsp3) is 0.571. The summed E-state index contributed by atoms with van der Waals surface area (Å²) in [6.45, 7) is 4.63. The zero-order valence-corrected chi connectivity index (χ0v) is 15.1. The summed E-state index contributed by atoms with van der Waals surface area (Å²) in [6.07, 6.45) is 5.50. The molecule has 1 aromatic carbocycles. The average Bonchev–Trinajstić information content (AvgIpc) is 3.21. The molecule has 132 valence electrons. The summed E-state index contributed by atoms with van der Waals surface area (Å²) in [7, 11) is 1.51. The van der Waals surface area contributed by atoms with Crippen molar-refractivity contribution in [1.29, 1.82) is 0 Å². The van der Waals surface area contributed by atoms with Crippen molar-refractivity contribution in [2.75, 3.05) is 25.5 Å². The average molecular weight is 338 g/mol. The molecule has 1 N–H and O–H groups in total. The second kappa shape index (κ2) is 5.10. The van der Waals surface area contributed by atoms with E-state index in [9.17, 15) is 4.79 Å². The predicted octanol–water partition coefficient (Wildman–Crippen LogP) is 3.45. The molecule has 3 atom stereocenters. The number of anilines is 1. The van der Waals surface area contributed by atoms with E-state index >= 15 is 0 Å². The number of methoxy groups -OCH3 is 1. The van der Waals surface area contributed by atoms with Gasteiger partial charge in [0.2, 0.25) is 0 Å². The van der Waals surface area contributed by atoms with Gasteiger partial charge in [0, 0.05) is 17.4 Å². The molecule has 0 bridgehead atoms. The molecule has 3 heterocycles. The van der Waals surface area contributed by atoms with Gasteiger partial charge in [-0.1, -0.05) is 25.1 Å². The summed E-state index contributed by atoms with van der Waals surface area (Å²) in [6, 6.07) is 9.15. The monoisotopic (exact) mass is 338 g/mol. The molecule has 1 aromatic rings. The largest absolute Gasteiger partial charge is 0.466 e. The lowest BCUT2D eigenvalue weighted by molar-refractivity contribution is -0.137. The lowest BCUT2D eigenvalue weighted by Gasteiger charge is -2.56. The van der Waals surface area contributed by atoms with Crippen molar-refractivity contribution in [2.24, 2.45) is 5.41 Å². The van der Waals surface area contributed by atoms with Gasteiger partial charge in [-0.3, -0.25) is 4.90 Å². The molecule has 2 saturated heterocycles. The molecule has 3 aliphatic heterocycles. The minimum atomic E-state index is -0.148. The summed E-state index contributed by atoms with van der Waals surface area (Å²) in [5.74, 6) is -0.148. The van der Waals surface area contributed by atoms with E-state index in [1.165, 1.54) is 37.7 Å². The van der Waals surface area contributed by atoms with Gasteiger partial charge in [0.25, 0.3) is 0 Å². The van der Waals surface area contributed by atoms with E-state index in [0.29, 0.717) is 6.04 Å². The van der Waals surface area contributed by atoms with Crippen LogP contribution in [0.1, 0.15) is 44.6 Å². The summed E-state index contributed by atoms with van der Waals surface area (Å²) >= 11 is 0. The van der Waals surface area contributed by atoms with Crippen molar-refractivity contribution in [3.8, 4) is 0 Å². The topological polar surface area (TPSA) is 41.6 Å². The molecule has 1 spiro atoms. The van der Waals surface area contributed by atoms with Crippen LogP contribution in [0.5, 0.6) is 0 Å². The first-order valence-corrected chi connectivity index (χ1v) is 9.59. The minimum absolute atomic E-state index is 0.0607. The van der Waals surface area contributed by atoms with Crippen LogP contribution >= 0.6 is 0 Å². The molecule has 0 unspecified atom stereocenters. The highest BCUT2D eigenvalue weighted by Crippen LogP contribution is 2.65. The number of nitrogens with one attached hydrogen (secondary N) is 1. The van der Waals surface area contributed by atoms with Gasteiger partial charge in [0.15, 0.2) is 0 Å². The van der Waals surface area contributed by atoms with Crippen LogP contribution in [0.2, 0.25) is 0 Å². The highest BCUT2D eigenvalue weighted by Gasteiger charge is 2.65. The van der Waals surface area contributed by atoms with E-state index in [1.807, 2.05) is 0 Å². The van der Waals surface area contributed by atoms with E-state index in [0.717, 1.165) is 37.1 Å². The lowest BCUT2D eigenvalue weighted by Crippen LogP contribution is -2.59. The molecule has 2 fully saturated rings. The zero-order valence-electron chi connectivity index (χ0n) is 15.1. The molecule has 4 heteroatoms. The lowest BCUT2D eigenvalue weighted by atomic mass is 9.53. The number of carbonyl (C=O) groups excluding carboxylic acids is 1. The first kappa shape index (κ1) is 15.4. The number of nitrogens with zero attached hydrogens (tertiary/aromatic N) is 1. The van der Waals surface area contributed by atoms with E-state index in [2.05, 4.69) is 41.4 Å². The molecule has 4 aliphatic rings. The molecular formula is C21H26N2O2. The third-order valence-corrected chi connectivity index (χ3v) is 7.41. The minimum Gasteiger partial charge on any atom is -0.466 e. The summed E-state index contributed by atoms with van der Waals surface area (Å²) < 4.78 is 5.22. The Hall–Kier alpha value is -1.81. The summed E-state index contributed by atoms with van der Waals surface area (Å²) in [5, 5.41) is 3.65. The second-order valence-corrected chi connectivity index (χ2v) is 8.17. The Morgan fingerprint density at radius 1 is 1.32 bits per heavy atom. The number of para-hydroxylation sites is 1. The Labute approximate surface area is 149 Å². The highest BCUT2D eigenvalue weighted by atomic mass is 16.5. The van der Waals surface area contributed by atoms with Crippen LogP contribution in [0.4, 0.5) is 5.69 Å². The number of benzene rings is 1. The van der Waals surface area contributed by atoms with Crippen LogP contribution in [0.15, 0.2) is 35.5 Å². The van der Waals surface area contributed by atoms with Gasteiger partial charge in [-0.15, -0.1) is 0 Å².